The van der Waals surface area contributed by atoms with Crippen molar-refractivity contribution in [3.05, 3.63) is 65.7 Å². The molecule has 0 radical (unpaired) electrons. The van der Waals surface area contributed by atoms with Gasteiger partial charge in [-0.3, -0.25) is 9.59 Å². The van der Waals surface area contributed by atoms with Crippen molar-refractivity contribution in [2.75, 3.05) is 32.1 Å². The number of likely N-dealkylation sites (N-methyl/N-ethyl adjacent to an activating group) is 1. The molecule has 0 bridgehead atoms. The number of carbonyl (C=O) groups is 2. The van der Waals surface area contributed by atoms with Crippen LogP contribution in [0.2, 0.25) is 0 Å². The Bertz CT molecular complexity index is 788. The summed E-state index contributed by atoms with van der Waals surface area (Å²) < 4.78 is 0. The van der Waals surface area contributed by atoms with E-state index < -0.39 is 0 Å². The molecule has 2 aromatic rings. The van der Waals surface area contributed by atoms with Gasteiger partial charge in [0.1, 0.15) is 0 Å². The molecule has 1 N–H and O–H groups in total. The molecule has 0 saturated carbocycles. The molecule has 0 unspecified atom stereocenters. The summed E-state index contributed by atoms with van der Waals surface area (Å²) in [6.07, 6.45) is 0.793. The summed E-state index contributed by atoms with van der Waals surface area (Å²) in [5, 5.41) is 2.94. The van der Waals surface area contributed by atoms with E-state index in [-0.39, 0.29) is 17.7 Å². The molecule has 5 heteroatoms. The first-order chi connectivity index (χ1) is 13.8. The molecule has 0 atom stereocenters. The predicted octanol–water partition coefficient (Wildman–Crippen LogP) is 3.49. The lowest BCUT2D eigenvalue weighted by Crippen LogP contribution is -2.32. The molecule has 2 aromatic carbocycles. The van der Waals surface area contributed by atoms with E-state index in [1.165, 1.54) is 0 Å². The molecule has 5 nitrogen and oxygen atoms in total. The number of hydrogen-bond donors (Lipinski definition) is 1. The largest absolute Gasteiger partial charge is 0.355 e. The van der Waals surface area contributed by atoms with Gasteiger partial charge >= 0.3 is 0 Å². The monoisotopic (exact) mass is 395 g/mol. The van der Waals surface area contributed by atoms with Gasteiger partial charge in [0.15, 0.2) is 0 Å². The van der Waals surface area contributed by atoms with Crippen molar-refractivity contribution < 1.29 is 9.59 Å². The van der Waals surface area contributed by atoms with Crippen LogP contribution in [0.4, 0.5) is 5.69 Å². The minimum Gasteiger partial charge on any atom is -0.355 e. The molecule has 0 heterocycles. The van der Waals surface area contributed by atoms with Crippen LogP contribution in [0.3, 0.4) is 0 Å². The Morgan fingerprint density at radius 1 is 0.966 bits per heavy atom. The van der Waals surface area contributed by atoms with Crippen molar-refractivity contribution in [1.29, 1.82) is 0 Å². The molecule has 0 spiro atoms. The topological polar surface area (TPSA) is 52.7 Å². The summed E-state index contributed by atoms with van der Waals surface area (Å²) in [6.45, 7) is 6.05. The molecule has 2 amide bonds. The van der Waals surface area contributed by atoms with Crippen molar-refractivity contribution in [1.82, 2.24) is 10.2 Å². The Hall–Kier alpha value is -2.66. The third-order valence-corrected chi connectivity index (χ3v) is 4.54. The van der Waals surface area contributed by atoms with E-state index in [9.17, 15) is 9.59 Å². The minimum atomic E-state index is -0.00730. The van der Waals surface area contributed by atoms with E-state index in [1.54, 1.807) is 0 Å². The second-order valence-electron chi connectivity index (χ2n) is 8.06. The van der Waals surface area contributed by atoms with Crippen LogP contribution in [0.1, 0.15) is 31.4 Å². The normalized spacial score (nSPS) is 11.0. The van der Waals surface area contributed by atoms with E-state index in [2.05, 4.69) is 5.32 Å². The average Bonchev–Trinajstić information content (AvgIpc) is 2.66. The van der Waals surface area contributed by atoms with Crippen LogP contribution < -0.4 is 10.2 Å². The maximum absolute atomic E-state index is 12.9. The Morgan fingerprint density at radius 3 is 2.31 bits per heavy atom. The highest BCUT2D eigenvalue weighted by Gasteiger charge is 2.18. The molecule has 0 fully saturated rings. The summed E-state index contributed by atoms with van der Waals surface area (Å²) in [5.74, 6) is 0.370. The van der Waals surface area contributed by atoms with E-state index in [1.807, 2.05) is 92.3 Å². The van der Waals surface area contributed by atoms with Crippen molar-refractivity contribution in [2.45, 2.75) is 33.2 Å². The number of hydrogen-bond acceptors (Lipinski definition) is 3. The molecule has 0 saturated heterocycles. The van der Waals surface area contributed by atoms with Gasteiger partial charge in [0, 0.05) is 25.2 Å². The number of anilines is 1. The maximum atomic E-state index is 12.9. The standard InChI is InChI=1S/C24H33N3O2/c1-19(2)15-24(29)27(18-20-9-6-5-7-10-20)22-12-8-11-21(16-22)17-23(28)25-13-14-26(3)4/h5-12,16,19H,13-15,17-18H2,1-4H3,(H,25,28). The fourth-order valence-corrected chi connectivity index (χ4v) is 3.05. The Labute approximate surface area is 174 Å². The van der Waals surface area contributed by atoms with Gasteiger partial charge in [-0.2, -0.15) is 0 Å². The first-order valence-corrected chi connectivity index (χ1v) is 10.2. The first-order valence-electron chi connectivity index (χ1n) is 10.2. The number of rotatable bonds is 10. The van der Waals surface area contributed by atoms with Gasteiger partial charge in [0.2, 0.25) is 11.8 Å². The minimum absolute atomic E-state index is 0.00730. The van der Waals surface area contributed by atoms with Gasteiger partial charge in [0.05, 0.1) is 13.0 Å². The van der Waals surface area contributed by atoms with Crippen LogP contribution in [-0.2, 0) is 22.6 Å². The van der Waals surface area contributed by atoms with Crippen LogP contribution in [0.25, 0.3) is 0 Å². The van der Waals surface area contributed by atoms with Gasteiger partial charge in [-0.15, -0.1) is 0 Å². The Morgan fingerprint density at radius 2 is 1.66 bits per heavy atom. The molecule has 2 rings (SSSR count). The molecule has 29 heavy (non-hydrogen) atoms. The van der Waals surface area contributed by atoms with Crippen molar-refractivity contribution >= 4 is 17.5 Å². The van der Waals surface area contributed by atoms with Gasteiger partial charge in [-0.1, -0.05) is 56.3 Å². The summed E-state index contributed by atoms with van der Waals surface area (Å²) in [6, 6.07) is 17.7. The number of nitrogens with zero attached hydrogens (tertiary/aromatic N) is 2. The average molecular weight is 396 g/mol. The second-order valence-corrected chi connectivity index (χ2v) is 8.06. The van der Waals surface area contributed by atoms with Gasteiger partial charge < -0.3 is 15.1 Å². The van der Waals surface area contributed by atoms with Crippen molar-refractivity contribution in [3.63, 3.8) is 0 Å². The molecule has 0 aliphatic rings. The highest BCUT2D eigenvalue weighted by atomic mass is 16.2. The van der Waals surface area contributed by atoms with Gasteiger partial charge in [-0.25, -0.2) is 0 Å². The maximum Gasteiger partial charge on any atom is 0.227 e. The number of nitrogens with one attached hydrogen (secondary N) is 1. The lowest BCUT2D eigenvalue weighted by atomic mass is 10.1. The zero-order valence-corrected chi connectivity index (χ0v) is 18.0. The third-order valence-electron chi connectivity index (χ3n) is 4.54. The number of amides is 2. The molecular formula is C24H33N3O2. The number of carbonyl (C=O) groups excluding carboxylic acids is 2. The zero-order valence-electron chi connectivity index (χ0n) is 18.0. The smallest absolute Gasteiger partial charge is 0.227 e. The van der Waals surface area contributed by atoms with Crippen LogP contribution in [0, 0.1) is 5.92 Å². The van der Waals surface area contributed by atoms with Crippen LogP contribution in [-0.4, -0.2) is 43.9 Å². The Kier molecular flexibility index (Phi) is 8.87. The molecule has 0 aliphatic carbocycles. The SMILES string of the molecule is CC(C)CC(=O)N(Cc1ccccc1)c1cccc(CC(=O)NCCN(C)C)c1. The quantitative estimate of drug-likeness (QED) is 0.670. The molecule has 0 aliphatic heterocycles. The summed E-state index contributed by atoms with van der Waals surface area (Å²) in [4.78, 5) is 29.0. The summed E-state index contributed by atoms with van der Waals surface area (Å²) in [5.41, 5.74) is 2.81. The first kappa shape index (κ1) is 22.6. The lowest BCUT2D eigenvalue weighted by Gasteiger charge is -2.24. The Balaban J connectivity index is 2.14. The van der Waals surface area contributed by atoms with Crippen molar-refractivity contribution in [3.8, 4) is 0 Å². The third kappa shape index (κ3) is 8.08. The predicted molar refractivity (Wildman–Crippen MR) is 119 cm³/mol. The lowest BCUT2D eigenvalue weighted by molar-refractivity contribution is -0.120. The highest BCUT2D eigenvalue weighted by Crippen LogP contribution is 2.21. The van der Waals surface area contributed by atoms with E-state index >= 15 is 0 Å². The highest BCUT2D eigenvalue weighted by molar-refractivity contribution is 5.93. The van der Waals surface area contributed by atoms with Crippen LogP contribution in [0.5, 0.6) is 0 Å². The van der Waals surface area contributed by atoms with E-state index in [4.69, 9.17) is 0 Å². The second kappa shape index (κ2) is 11.4. The van der Waals surface area contributed by atoms with Gasteiger partial charge in [-0.05, 0) is 43.3 Å². The van der Waals surface area contributed by atoms with Crippen molar-refractivity contribution in [2.24, 2.45) is 5.92 Å². The van der Waals surface area contributed by atoms with Crippen LogP contribution in [0.15, 0.2) is 54.6 Å². The molecular weight excluding hydrogens is 362 g/mol. The zero-order chi connectivity index (χ0) is 21.2. The summed E-state index contributed by atoms with van der Waals surface area (Å²) >= 11 is 0. The fourth-order valence-electron chi connectivity index (χ4n) is 3.05. The van der Waals surface area contributed by atoms with E-state index in [0.29, 0.717) is 25.9 Å². The fraction of sp³-hybridized carbons (Fsp3) is 0.417. The molecule has 156 valence electrons. The summed E-state index contributed by atoms with van der Waals surface area (Å²) in [7, 11) is 3.95. The van der Waals surface area contributed by atoms with Gasteiger partial charge in [0.25, 0.3) is 0 Å². The van der Waals surface area contributed by atoms with E-state index in [0.717, 1.165) is 23.4 Å². The van der Waals surface area contributed by atoms with Crippen LogP contribution >= 0.6 is 0 Å². The number of benzene rings is 2. The molecule has 0 aromatic heterocycles.